The first-order valence-corrected chi connectivity index (χ1v) is 21.2. The molecule has 0 unspecified atom stereocenters. The second-order valence-electron chi connectivity index (χ2n) is 16.7. The lowest BCUT2D eigenvalue weighted by atomic mass is 10.0. The molecular weight excluding hydrogens is 747 g/mol. The van der Waals surface area contributed by atoms with Crippen molar-refractivity contribution in [1.29, 1.82) is 0 Å². The van der Waals surface area contributed by atoms with E-state index >= 15 is 0 Å². The summed E-state index contributed by atoms with van der Waals surface area (Å²) in [5.41, 5.74) is 6.93. The molecule has 8 rings (SSSR count). The van der Waals surface area contributed by atoms with Crippen molar-refractivity contribution in [3.05, 3.63) is 83.9 Å². The van der Waals surface area contributed by atoms with Gasteiger partial charge in [-0.15, -0.1) is 0 Å². The van der Waals surface area contributed by atoms with E-state index < -0.39 is 12.1 Å². The summed E-state index contributed by atoms with van der Waals surface area (Å²) in [5, 5.41) is 2.74. The minimum atomic E-state index is -0.699. The zero-order valence-corrected chi connectivity index (χ0v) is 34.9. The zero-order chi connectivity index (χ0) is 41.4. The summed E-state index contributed by atoms with van der Waals surface area (Å²) in [6, 6.07) is 16.1. The van der Waals surface area contributed by atoms with Crippen molar-refractivity contribution in [2.75, 3.05) is 31.7 Å². The van der Waals surface area contributed by atoms with E-state index in [9.17, 15) is 14.4 Å². The number of fused-ring (bicyclic) bond motifs is 2. The van der Waals surface area contributed by atoms with Crippen LogP contribution in [0.15, 0.2) is 54.7 Å². The molecule has 59 heavy (non-hydrogen) atoms. The number of pyridine rings is 1. The van der Waals surface area contributed by atoms with E-state index in [1.165, 1.54) is 12.7 Å². The minimum Gasteiger partial charge on any atom is -0.478 e. The van der Waals surface area contributed by atoms with Gasteiger partial charge in [-0.05, 0) is 98.7 Å². The van der Waals surface area contributed by atoms with Crippen molar-refractivity contribution in [1.82, 2.24) is 40.0 Å². The molecule has 0 saturated carbocycles. The van der Waals surface area contributed by atoms with Crippen LogP contribution in [0.25, 0.3) is 22.1 Å². The topological polar surface area (TPSA) is 162 Å². The Bertz CT molecular complexity index is 2300. The van der Waals surface area contributed by atoms with Crippen LogP contribution in [0.2, 0.25) is 0 Å². The first-order chi connectivity index (χ1) is 28.5. The van der Waals surface area contributed by atoms with Crippen molar-refractivity contribution in [3.8, 4) is 5.88 Å². The number of anilines is 1. The number of H-pyrrole nitrogens is 2. The van der Waals surface area contributed by atoms with Gasteiger partial charge in [0.1, 0.15) is 17.7 Å². The highest BCUT2D eigenvalue weighted by Gasteiger charge is 2.39. The zero-order valence-electron chi connectivity index (χ0n) is 34.9. The van der Waals surface area contributed by atoms with Gasteiger partial charge in [0.15, 0.2) is 0 Å². The predicted molar refractivity (Wildman–Crippen MR) is 225 cm³/mol. The molecule has 3 saturated heterocycles. The Morgan fingerprint density at radius 3 is 1.93 bits per heavy atom. The third kappa shape index (κ3) is 8.05. The molecule has 6 heterocycles. The van der Waals surface area contributed by atoms with Gasteiger partial charge in [-0.3, -0.25) is 9.59 Å². The first kappa shape index (κ1) is 40.1. The van der Waals surface area contributed by atoms with E-state index in [4.69, 9.17) is 19.4 Å². The van der Waals surface area contributed by atoms with Crippen molar-refractivity contribution >= 4 is 45.7 Å². The second kappa shape index (κ2) is 16.9. The van der Waals surface area contributed by atoms with Crippen LogP contribution in [-0.4, -0.2) is 85.5 Å². The number of benzene rings is 2. The number of hydrogen-bond donors (Lipinski definition) is 3. The van der Waals surface area contributed by atoms with Crippen LogP contribution < -0.4 is 15.0 Å². The number of nitrogens with one attached hydrogen (secondary N) is 3. The SMILES string of the molecule is CCOc1ccc(N2[C@@H](c3ccc4nc([C@@H]5CCCN5C(=O)[CH]C(C)C)[nH]c4c3)CC[C@@H]2c2ccc3nc([C@@H]4CCCN4C(=O)[C@@H](NC(=O)OC)C(C)C)[nH]c3c2)cn1. The van der Waals surface area contributed by atoms with E-state index in [2.05, 4.69) is 67.6 Å². The molecule has 3 amide bonds. The van der Waals surface area contributed by atoms with Crippen molar-refractivity contribution < 1.29 is 23.9 Å². The summed E-state index contributed by atoms with van der Waals surface area (Å²) in [6.07, 6.45) is 8.38. The fourth-order valence-corrected chi connectivity index (χ4v) is 9.30. The number of carbonyl (C=O) groups is 3. The molecule has 3 aliphatic heterocycles. The molecule has 3 N–H and O–H groups in total. The summed E-state index contributed by atoms with van der Waals surface area (Å²) in [4.78, 5) is 67.1. The van der Waals surface area contributed by atoms with Gasteiger partial charge < -0.3 is 39.5 Å². The molecule has 0 bridgehead atoms. The van der Waals surface area contributed by atoms with Gasteiger partial charge in [0, 0.05) is 19.2 Å². The summed E-state index contributed by atoms with van der Waals surface area (Å²) >= 11 is 0. The number of amides is 3. The van der Waals surface area contributed by atoms with Crippen LogP contribution in [-0.2, 0) is 14.3 Å². The third-order valence-electron chi connectivity index (χ3n) is 12.1. The lowest BCUT2D eigenvalue weighted by molar-refractivity contribution is -0.135. The summed E-state index contributed by atoms with van der Waals surface area (Å²) in [7, 11) is 1.30. The molecular formula is C45H56N9O5. The highest BCUT2D eigenvalue weighted by Crippen LogP contribution is 2.48. The third-order valence-corrected chi connectivity index (χ3v) is 12.1. The van der Waals surface area contributed by atoms with Crippen LogP contribution in [0.5, 0.6) is 5.88 Å². The number of nitrogens with zero attached hydrogens (tertiary/aromatic N) is 6. The molecule has 5 atom stereocenters. The van der Waals surface area contributed by atoms with Crippen LogP contribution >= 0.6 is 0 Å². The summed E-state index contributed by atoms with van der Waals surface area (Å²) in [5.74, 6) is 2.19. The Hall–Kier alpha value is -5.66. The van der Waals surface area contributed by atoms with E-state index in [-0.39, 0.29) is 47.8 Å². The number of likely N-dealkylation sites (tertiary alicyclic amines) is 2. The average Bonchev–Trinajstić information content (AvgIpc) is 4.07. The Labute approximate surface area is 345 Å². The molecule has 14 nitrogen and oxygen atoms in total. The second-order valence-corrected chi connectivity index (χ2v) is 16.7. The van der Waals surface area contributed by atoms with Gasteiger partial charge in [0.05, 0.1) is 78.3 Å². The number of ether oxygens (including phenoxy) is 2. The Balaban J connectivity index is 1.08. The maximum atomic E-state index is 13.8. The number of hydrogen-bond acceptors (Lipinski definition) is 9. The molecule has 2 aromatic carbocycles. The molecule has 14 heteroatoms. The highest BCUT2D eigenvalue weighted by molar-refractivity contribution is 5.87. The molecule has 5 aromatic rings. The molecule has 0 aliphatic carbocycles. The molecule has 3 fully saturated rings. The number of methoxy groups -OCH3 is 1. The normalized spacial score (nSPS) is 21.3. The van der Waals surface area contributed by atoms with Crippen molar-refractivity contribution in [3.63, 3.8) is 0 Å². The van der Waals surface area contributed by atoms with E-state index in [0.717, 1.165) is 90.0 Å². The van der Waals surface area contributed by atoms with E-state index in [1.54, 1.807) is 6.42 Å². The number of imidazole rings is 2. The lowest BCUT2D eigenvalue weighted by Gasteiger charge is -2.33. The Morgan fingerprint density at radius 2 is 1.41 bits per heavy atom. The van der Waals surface area contributed by atoms with Gasteiger partial charge >= 0.3 is 6.09 Å². The summed E-state index contributed by atoms with van der Waals surface area (Å²) < 4.78 is 10.5. The summed E-state index contributed by atoms with van der Waals surface area (Å²) in [6.45, 7) is 11.7. The molecule has 1 radical (unpaired) electrons. The quantitative estimate of drug-likeness (QED) is 0.114. The van der Waals surface area contributed by atoms with Crippen LogP contribution in [0.4, 0.5) is 10.5 Å². The van der Waals surface area contributed by atoms with Crippen LogP contribution in [0, 0.1) is 18.3 Å². The maximum Gasteiger partial charge on any atom is 0.407 e. The standard InChI is InChI=1S/C45H56N9O5/c1-7-59-39-19-14-30(25-46-39)54-35(28-12-15-31-33(23-28)49-42(47-31)37-10-8-20-52(37)40(55)22-26(2)3)17-18-36(54)29-13-16-32-34(24-29)50-43(48-32)38-11-9-21-53(38)44(56)41(27(4)5)51-45(57)58-6/h12-16,19,22-27,35-38,41H,7-11,17-18,20-21H2,1-6H3,(H,47,49)(H,48,50)(H,51,57)/t35-,36-,37+,38+,41+/m1/s1. The molecule has 3 aliphatic rings. The number of aromatic amines is 2. The van der Waals surface area contributed by atoms with Crippen molar-refractivity contribution in [2.45, 2.75) is 103 Å². The lowest BCUT2D eigenvalue weighted by Crippen LogP contribution is -2.51. The van der Waals surface area contributed by atoms with E-state index in [0.29, 0.717) is 19.0 Å². The van der Waals surface area contributed by atoms with Gasteiger partial charge in [0.2, 0.25) is 17.7 Å². The Kier molecular flexibility index (Phi) is 11.5. The number of rotatable bonds is 12. The number of carbonyl (C=O) groups excluding carboxylic acids is 3. The minimum absolute atomic E-state index is 0.0416. The van der Waals surface area contributed by atoms with Crippen LogP contribution in [0.1, 0.15) is 120 Å². The van der Waals surface area contributed by atoms with Gasteiger partial charge in [-0.2, -0.15) is 0 Å². The smallest absolute Gasteiger partial charge is 0.407 e. The molecule has 0 spiro atoms. The van der Waals surface area contributed by atoms with Gasteiger partial charge in [0.25, 0.3) is 0 Å². The average molecular weight is 803 g/mol. The van der Waals surface area contributed by atoms with E-state index in [1.807, 2.05) is 56.7 Å². The van der Waals surface area contributed by atoms with Gasteiger partial charge in [-0.1, -0.05) is 39.8 Å². The fraction of sp³-hybridized carbons (Fsp3) is 0.489. The van der Waals surface area contributed by atoms with Crippen LogP contribution in [0.3, 0.4) is 0 Å². The number of aromatic nitrogens is 5. The predicted octanol–water partition coefficient (Wildman–Crippen LogP) is 7.88. The molecule has 311 valence electrons. The highest BCUT2D eigenvalue weighted by atomic mass is 16.5. The monoisotopic (exact) mass is 802 g/mol. The maximum absolute atomic E-state index is 13.8. The van der Waals surface area contributed by atoms with Gasteiger partial charge in [-0.25, -0.2) is 19.7 Å². The van der Waals surface area contributed by atoms with Crippen molar-refractivity contribution in [2.24, 2.45) is 11.8 Å². The fourth-order valence-electron chi connectivity index (χ4n) is 9.30. The largest absolute Gasteiger partial charge is 0.478 e. The molecule has 3 aromatic heterocycles. The number of alkyl carbamates (subject to hydrolysis) is 1. The Morgan fingerprint density at radius 1 is 0.814 bits per heavy atom. The first-order valence-electron chi connectivity index (χ1n) is 21.2.